The van der Waals surface area contributed by atoms with Crippen molar-refractivity contribution in [3.63, 3.8) is 0 Å². The lowest BCUT2D eigenvalue weighted by Gasteiger charge is -2.39. The molecule has 94 valence electrons. The zero-order chi connectivity index (χ0) is 11.3. The Morgan fingerprint density at radius 1 is 0.938 bits per heavy atom. The second-order valence-corrected chi connectivity index (χ2v) is 6.10. The molecule has 2 fully saturated rings. The van der Waals surface area contributed by atoms with Crippen LogP contribution in [0.1, 0.15) is 51.9 Å². The highest BCUT2D eigenvalue weighted by Gasteiger charge is 2.28. The summed E-state index contributed by atoms with van der Waals surface area (Å²) in [7, 11) is 0. The van der Waals surface area contributed by atoms with E-state index in [0.717, 1.165) is 0 Å². The van der Waals surface area contributed by atoms with Gasteiger partial charge in [0.05, 0.1) is 0 Å². The molecule has 0 atom stereocenters. The van der Waals surface area contributed by atoms with E-state index in [1.807, 2.05) is 0 Å². The highest BCUT2D eigenvalue weighted by Crippen LogP contribution is 2.29. The van der Waals surface area contributed by atoms with Crippen molar-refractivity contribution < 1.29 is 0 Å². The fourth-order valence-corrected chi connectivity index (χ4v) is 3.20. The Balaban J connectivity index is 1.81. The summed E-state index contributed by atoms with van der Waals surface area (Å²) >= 11 is 0. The van der Waals surface area contributed by atoms with Crippen molar-refractivity contribution in [3.8, 4) is 0 Å². The summed E-state index contributed by atoms with van der Waals surface area (Å²) in [5.41, 5.74) is 0.588. The largest absolute Gasteiger partial charge is 0.317 e. The van der Waals surface area contributed by atoms with E-state index in [-0.39, 0.29) is 0 Å². The minimum atomic E-state index is 0.588. The molecule has 2 heterocycles. The van der Waals surface area contributed by atoms with Crippen LogP contribution in [-0.2, 0) is 0 Å². The normalized spacial score (nSPS) is 28.3. The SMILES string of the molecule is CC1(CN2CCCCCCC2)CCNCC1. The van der Waals surface area contributed by atoms with Crippen molar-refractivity contribution in [1.29, 1.82) is 0 Å². The van der Waals surface area contributed by atoms with Crippen LogP contribution >= 0.6 is 0 Å². The molecule has 2 nitrogen and oxygen atoms in total. The third-order valence-corrected chi connectivity index (χ3v) is 4.36. The van der Waals surface area contributed by atoms with E-state index in [1.165, 1.54) is 77.7 Å². The smallest absolute Gasteiger partial charge is 0.00363 e. The fraction of sp³-hybridized carbons (Fsp3) is 1.00. The third kappa shape index (κ3) is 3.74. The van der Waals surface area contributed by atoms with E-state index in [0.29, 0.717) is 5.41 Å². The molecule has 1 N–H and O–H groups in total. The summed E-state index contributed by atoms with van der Waals surface area (Å²) in [4.78, 5) is 2.74. The summed E-state index contributed by atoms with van der Waals surface area (Å²) < 4.78 is 0. The van der Waals surface area contributed by atoms with E-state index in [9.17, 15) is 0 Å². The Morgan fingerprint density at radius 3 is 2.12 bits per heavy atom. The predicted molar refractivity (Wildman–Crippen MR) is 69.7 cm³/mol. The Labute approximate surface area is 101 Å². The fourth-order valence-electron chi connectivity index (χ4n) is 3.20. The second kappa shape index (κ2) is 6.02. The van der Waals surface area contributed by atoms with Gasteiger partial charge in [-0.3, -0.25) is 0 Å². The summed E-state index contributed by atoms with van der Waals surface area (Å²) in [5, 5.41) is 3.48. The van der Waals surface area contributed by atoms with Gasteiger partial charge in [0.1, 0.15) is 0 Å². The van der Waals surface area contributed by atoms with Gasteiger partial charge in [-0.05, 0) is 57.3 Å². The van der Waals surface area contributed by atoms with Crippen molar-refractivity contribution in [1.82, 2.24) is 10.2 Å². The summed E-state index contributed by atoms with van der Waals surface area (Å²) in [6.45, 7) is 8.99. The van der Waals surface area contributed by atoms with Gasteiger partial charge in [0, 0.05) is 6.54 Å². The first kappa shape index (κ1) is 12.4. The van der Waals surface area contributed by atoms with Crippen LogP contribution < -0.4 is 5.32 Å². The number of nitrogens with one attached hydrogen (secondary N) is 1. The molecule has 0 amide bonds. The summed E-state index contributed by atoms with van der Waals surface area (Å²) in [6, 6.07) is 0. The Morgan fingerprint density at radius 2 is 1.50 bits per heavy atom. The number of hydrogen-bond acceptors (Lipinski definition) is 2. The molecule has 0 aliphatic carbocycles. The first-order valence-corrected chi connectivity index (χ1v) is 7.22. The molecule has 0 saturated carbocycles. The van der Waals surface area contributed by atoms with Crippen LogP contribution in [-0.4, -0.2) is 37.6 Å². The first-order chi connectivity index (χ1) is 7.79. The maximum atomic E-state index is 3.48. The van der Waals surface area contributed by atoms with Crippen LogP contribution in [0.2, 0.25) is 0 Å². The Bertz CT molecular complexity index is 189. The van der Waals surface area contributed by atoms with Crippen molar-refractivity contribution in [2.45, 2.75) is 51.9 Å². The van der Waals surface area contributed by atoms with Gasteiger partial charge >= 0.3 is 0 Å². The zero-order valence-corrected chi connectivity index (χ0v) is 10.9. The van der Waals surface area contributed by atoms with Gasteiger partial charge in [-0.25, -0.2) is 0 Å². The molecule has 0 radical (unpaired) electrons. The molecule has 16 heavy (non-hydrogen) atoms. The van der Waals surface area contributed by atoms with Crippen LogP contribution in [0.4, 0.5) is 0 Å². The van der Waals surface area contributed by atoms with Gasteiger partial charge in [-0.15, -0.1) is 0 Å². The van der Waals surface area contributed by atoms with Gasteiger partial charge in [-0.2, -0.15) is 0 Å². The number of likely N-dealkylation sites (tertiary alicyclic amines) is 1. The third-order valence-electron chi connectivity index (χ3n) is 4.36. The highest BCUT2D eigenvalue weighted by molar-refractivity contribution is 4.84. The zero-order valence-electron chi connectivity index (χ0n) is 10.9. The molecule has 0 aromatic heterocycles. The lowest BCUT2D eigenvalue weighted by Crippen LogP contribution is -2.43. The summed E-state index contributed by atoms with van der Waals surface area (Å²) in [5.74, 6) is 0. The molecule has 2 saturated heterocycles. The quantitative estimate of drug-likeness (QED) is 0.776. The monoisotopic (exact) mass is 224 g/mol. The van der Waals surface area contributed by atoms with Crippen molar-refractivity contribution in [3.05, 3.63) is 0 Å². The molecule has 0 bridgehead atoms. The van der Waals surface area contributed by atoms with E-state index < -0.39 is 0 Å². The maximum Gasteiger partial charge on any atom is 0.00363 e. The van der Waals surface area contributed by atoms with Crippen LogP contribution in [0.25, 0.3) is 0 Å². The maximum absolute atomic E-state index is 3.48. The Kier molecular flexibility index (Phi) is 4.66. The molecule has 2 heteroatoms. The highest BCUT2D eigenvalue weighted by atomic mass is 15.1. The molecule has 2 rings (SSSR count). The van der Waals surface area contributed by atoms with E-state index in [1.54, 1.807) is 0 Å². The van der Waals surface area contributed by atoms with Gasteiger partial charge in [0.2, 0.25) is 0 Å². The molecule has 0 aromatic rings. The van der Waals surface area contributed by atoms with Crippen molar-refractivity contribution in [2.24, 2.45) is 5.41 Å². The van der Waals surface area contributed by atoms with Gasteiger partial charge < -0.3 is 10.2 Å². The predicted octanol–water partition coefficient (Wildman–Crippen LogP) is 2.64. The molecule has 2 aliphatic rings. The van der Waals surface area contributed by atoms with E-state index in [2.05, 4.69) is 17.1 Å². The average molecular weight is 224 g/mol. The Hall–Kier alpha value is -0.0800. The second-order valence-electron chi connectivity index (χ2n) is 6.10. The topological polar surface area (TPSA) is 15.3 Å². The van der Waals surface area contributed by atoms with Crippen LogP contribution in [0.3, 0.4) is 0 Å². The van der Waals surface area contributed by atoms with Crippen LogP contribution in [0.15, 0.2) is 0 Å². The van der Waals surface area contributed by atoms with Gasteiger partial charge in [-0.1, -0.05) is 26.2 Å². The minimum absolute atomic E-state index is 0.588. The average Bonchev–Trinajstić information content (AvgIpc) is 2.23. The molecule has 0 aromatic carbocycles. The first-order valence-electron chi connectivity index (χ1n) is 7.22. The lowest BCUT2D eigenvalue weighted by molar-refractivity contribution is 0.121. The minimum Gasteiger partial charge on any atom is -0.317 e. The number of hydrogen-bond donors (Lipinski definition) is 1. The van der Waals surface area contributed by atoms with Gasteiger partial charge in [0.25, 0.3) is 0 Å². The molecule has 0 spiro atoms. The van der Waals surface area contributed by atoms with Gasteiger partial charge in [0.15, 0.2) is 0 Å². The van der Waals surface area contributed by atoms with Crippen molar-refractivity contribution in [2.75, 3.05) is 32.7 Å². The van der Waals surface area contributed by atoms with E-state index >= 15 is 0 Å². The van der Waals surface area contributed by atoms with Crippen molar-refractivity contribution >= 4 is 0 Å². The molecular weight excluding hydrogens is 196 g/mol. The van der Waals surface area contributed by atoms with E-state index in [4.69, 9.17) is 0 Å². The number of piperidine rings is 1. The number of rotatable bonds is 2. The number of nitrogens with zero attached hydrogens (tertiary/aromatic N) is 1. The standard InChI is InChI=1S/C14H28N2/c1-14(7-9-15-10-8-14)13-16-11-5-3-2-4-6-12-16/h15H,2-13H2,1H3. The van der Waals surface area contributed by atoms with Crippen LogP contribution in [0, 0.1) is 5.41 Å². The molecule has 0 unspecified atom stereocenters. The molecule has 2 aliphatic heterocycles. The molecular formula is C14H28N2. The van der Waals surface area contributed by atoms with Crippen LogP contribution in [0.5, 0.6) is 0 Å². The summed E-state index contributed by atoms with van der Waals surface area (Å²) in [6.07, 6.45) is 9.95. The lowest BCUT2D eigenvalue weighted by atomic mass is 9.80.